The first-order chi connectivity index (χ1) is 9.49. The Balaban J connectivity index is 2.44. The minimum absolute atomic E-state index is 0.00183. The number of aromatic nitrogens is 2. The molecule has 6 heteroatoms. The lowest BCUT2D eigenvalue weighted by Gasteiger charge is -2.09. The minimum atomic E-state index is -0.544. The van der Waals surface area contributed by atoms with Crippen molar-refractivity contribution in [3.63, 3.8) is 0 Å². The molecule has 1 aromatic carbocycles. The van der Waals surface area contributed by atoms with Crippen LogP contribution in [-0.2, 0) is 0 Å². The van der Waals surface area contributed by atoms with Crippen molar-refractivity contribution in [1.82, 2.24) is 15.1 Å². The summed E-state index contributed by atoms with van der Waals surface area (Å²) in [5.41, 5.74) is -0.147. The normalized spacial score (nSPS) is 10.6. The van der Waals surface area contributed by atoms with Gasteiger partial charge in [-0.05, 0) is 44.2 Å². The van der Waals surface area contributed by atoms with Crippen LogP contribution in [0, 0.1) is 5.82 Å². The fourth-order valence-corrected chi connectivity index (χ4v) is 1.69. The van der Waals surface area contributed by atoms with Gasteiger partial charge in [-0.25, -0.2) is 4.39 Å². The summed E-state index contributed by atoms with van der Waals surface area (Å²) in [6.07, 6.45) is 1.36. The zero-order valence-corrected chi connectivity index (χ0v) is 11.1. The molecule has 1 heterocycles. The van der Waals surface area contributed by atoms with E-state index in [-0.39, 0.29) is 11.6 Å². The zero-order valence-electron chi connectivity index (χ0n) is 11.1. The van der Waals surface area contributed by atoms with Crippen LogP contribution in [0.25, 0.3) is 5.69 Å². The van der Waals surface area contributed by atoms with Gasteiger partial charge < -0.3 is 5.32 Å². The first kappa shape index (κ1) is 13.9. The van der Waals surface area contributed by atoms with E-state index in [1.54, 1.807) is 13.8 Å². The highest BCUT2D eigenvalue weighted by molar-refractivity contribution is 5.93. The Morgan fingerprint density at radius 3 is 2.50 bits per heavy atom. The maximum Gasteiger partial charge on any atom is 0.284 e. The van der Waals surface area contributed by atoms with Crippen LogP contribution in [-0.4, -0.2) is 21.7 Å². The molecule has 0 unspecified atom stereocenters. The third kappa shape index (κ3) is 2.90. The largest absolute Gasteiger partial charge is 0.350 e. The summed E-state index contributed by atoms with van der Waals surface area (Å²) in [6.45, 7) is 3.61. The Morgan fingerprint density at radius 2 is 1.90 bits per heavy atom. The maximum absolute atomic E-state index is 12.9. The van der Waals surface area contributed by atoms with Crippen molar-refractivity contribution >= 4 is 5.91 Å². The first-order valence-corrected chi connectivity index (χ1v) is 6.14. The molecule has 0 aliphatic carbocycles. The van der Waals surface area contributed by atoms with Gasteiger partial charge >= 0.3 is 0 Å². The molecular formula is C14H14FN3O2. The van der Waals surface area contributed by atoms with Gasteiger partial charge in [0.25, 0.3) is 11.5 Å². The fraction of sp³-hybridized carbons (Fsp3) is 0.214. The average Bonchev–Trinajstić information content (AvgIpc) is 2.39. The van der Waals surface area contributed by atoms with Gasteiger partial charge in [0.15, 0.2) is 0 Å². The lowest BCUT2D eigenvalue weighted by atomic mass is 10.2. The summed E-state index contributed by atoms with van der Waals surface area (Å²) in [5, 5.41) is 6.55. The predicted molar refractivity (Wildman–Crippen MR) is 72.4 cm³/mol. The van der Waals surface area contributed by atoms with E-state index in [2.05, 4.69) is 10.4 Å². The van der Waals surface area contributed by atoms with Gasteiger partial charge in [-0.1, -0.05) is 0 Å². The van der Waals surface area contributed by atoms with Gasteiger partial charge in [-0.15, -0.1) is 0 Å². The number of carbonyl (C=O) groups excluding carboxylic acids is 1. The monoisotopic (exact) mass is 275 g/mol. The minimum Gasteiger partial charge on any atom is -0.350 e. The molecule has 104 valence electrons. The SMILES string of the molecule is CC(C)NC(=O)c1ccnn(-c2ccc(F)cc2)c1=O. The topological polar surface area (TPSA) is 64.0 Å². The van der Waals surface area contributed by atoms with Crippen LogP contribution >= 0.6 is 0 Å². The number of halogens is 1. The molecule has 0 saturated heterocycles. The molecule has 5 nitrogen and oxygen atoms in total. The van der Waals surface area contributed by atoms with E-state index in [9.17, 15) is 14.0 Å². The molecule has 0 aliphatic heterocycles. The van der Waals surface area contributed by atoms with Crippen molar-refractivity contribution in [3.05, 3.63) is 58.3 Å². The first-order valence-electron chi connectivity index (χ1n) is 6.14. The number of nitrogens with one attached hydrogen (secondary N) is 1. The predicted octanol–water partition coefficient (Wildman–Crippen LogP) is 1.51. The standard InChI is InChI=1S/C14H14FN3O2/c1-9(2)17-13(19)12-7-8-16-18(14(12)20)11-5-3-10(15)4-6-11/h3-9H,1-2H3,(H,17,19). The summed E-state index contributed by atoms with van der Waals surface area (Å²) in [7, 11) is 0. The second kappa shape index (κ2) is 5.64. The Hall–Kier alpha value is -2.50. The number of rotatable bonds is 3. The fourth-order valence-electron chi connectivity index (χ4n) is 1.69. The Bertz CT molecular complexity index is 678. The molecule has 1 amide bonds. The molecule has 2 rings (SSSR count). The number of hydrogen-bond acceptors (Lipinski definition) is 3. The molecule has 0 saturated carbocycles. The van der Waals surface area contributed by atoms with Crippen LogP contribution in [0.15, 0.2) is 41.3 Å². The highest BCUT2D eigenvalue weighted by Gasteiger charge is 2.14. The van der Waals surface area contributed by atoms with Gasteiger partial charge in [0, 0.05) is 12.2 Å². The summed E-state index contributed by atoms with van der Waals surface area (Å²) in [4.78, 5) is 24.1. The molecule has 0 spiro atoms. The Kier molecular flexibility index (Phi) is 3.93. The summed E-state index contributed by atoms with van der Waals surface area (Å²) in [5.74, 6) is -0.862. The van der Waals surface area contributed by atoms with E-state index < -0.39 is 17.3 Å². The Morgan fingerprint density at radius 1 is 1.25 bits per heavy atom. The van der Waals surface area contributed by atoms with Crippen molar-refractivity contribution in [2.75, 3.05) is 0 Å². The number of hydrogen-bond donors (Lipinski definition) is 1. The number of amides is 1. The summed E-state index contributed by atoms with van der Waals surface area (Å²) >= 11 is 0. The van der Waals surface area contributed by atoms with Crippen LogP contribution in [0.3, 0.4) is 0 Å². The van der Waals surface area contributed by atoms with Gasteiger partial charge in [-0.2, -0.15) is 9.78 Å². The third-order valence-electron chi connectivity index (χ3n) is 2.58. The van der Waals surface area contributed by atoms with Crippen LogP contribution in [0.5, 0.6) is 0 Å². The van der Waals surface area contributed by atoms with Crippen LogP contribution < -0.4 is 10.9 Å². The van der Waals surface area contributed by atoms with Crippen molar-refractivity contribution in [2.45, 2.75) is 19.9 Å². The lowest BCUT2D eigenvalue weighted by molar-refractivity contribution is 0.0941. The van der Waals surface area contributed by atoms with E-state index in [1.807, 2.05) is 0 Å². The van der Waals surface area contributed by atoms with Gasteiger partial charge in [0.2, 0.25) is 0 Å². The smallest absolute Gasteiger partial charge is 0.284 e. The second-order valence-corrected chi connectivity index (χ2v) is 4.57. The summed E-state index contributed by atoms with van der Waals surface area (Å²) in [6, 6.07) is 6.59. The van der Waals surface area contributed by atoms with Crippen LogP contribution in [0.4, 0.5) is 4.39 Å². The number of benzene rings is 1. The molecule has 1 aromatic heterocycles. The molecule has 0 fully saturated rings. The van der Waals surface area contributed by atoms with Crippen LogP contribution in [0.1, 0.15) is 24.2 Å². The lowest BCUT2D eigenvalue weighted by Crippen LogP contribution is -2.36. The molecular weight excluding hydrogens is 261 g/mol. The molecule has 2 aromatic rings. The van der Waals surface area contributed by atoms with Crippen molar-refractivity contribution in [3.8, 4) is 5.69 Å². The molecule has 1 N–H and O–H groups in total. The highest BCUT2D eigenvalue weighted by atomic mass is 19.1. The van der Waals surface area contributed by atoms with Gasteiger partial charge in [0.1, 0.15) is 11.4 Å². The summed E-state index contributed by atoms with van der Waals surface area (Å²) < 4.78 is 13.9. The average molecular weight is 275 g/mol. The molecule has 0 aliphatic rings. The number of nitrogens with zero attached hydrogens (tertiary/aromatic N) is 2. The Labute approximate surface area is 115 Å². The van der Waals surface area contributed by atoms with E-state index >= 15 is 0 Å². The van der Waals surface area contributed by atoms with E-state index in [0.29, 0.717) is 5.69 Å². The van der Waals surface area contributed by atoms with Crippen molar-refractivity contribution < 1.29 is 9.18 Å². The highest BCUT2D eigenvalue weighted by Crippen LogP contribution is 2.05. The molecule has 20 heavy (non-hydrogen) atoms. The zero-order chi connectivity index (χ0) is 14.7. The van der Waals surface area contributed by atoms with Gasteiger partial charge in [0.05, 0.1) is 5.69 Å². The van der Waals surface area contributed by atoms with E-state index in [1.165, 1.54) is 36.5 Å². The quantitative estimate of drug-likeness (QED) is 0.923. The second-order valence-electron chi connectivity index (χ2n) is 4.57. The number of carbonyl (C=O) groups is 1. The van der Waals surface area contributed by atoms with Crippen molar-refractivity contribution in [2.24, 2.45) is 0 Å². The molecule has 0 bridgehead atoms. The third-order valence-corrected chi connectivity index (χ3v) is 2.58. The molecule has 0 radical (unpaired) electrons. The van der Waals surface area contributed by atoms with Crippen LogP contribution in [0.2, 0.25) is 0 Å². The van der Waals surface area contributed by atoms with E-state index in [4.69, 9.17) is 0 Å². The molecule has 0 atom stereocenters. The maximum atomic E-state index is 12.9. The van der Waals surface area contributed by atoms with E-state index in [0.717, 1.165) is 4.68 Å². The van der Waals surface area contributed by atoms with Crippen molar-refractivity contribution in [1.29, 1.82) is 0 Å². The van der Waals surface area contributed by atoms with Gasteiger partial charge in [-0.3, -0.25) is 9.59 Å².